The highest BCUT2D eigenvalue weighted by atomic mass is 16.5. The third-order valence-corrected chi connectivity index (χ3v) is 3.33. The van der Waals surface area contributed by atoms with Gasteiger partial charge in [-0.25, -0.2) is 4.79 Å². The molecule has 0 aliphatic carbocycles. The zero-order valence-corrected chi connectivity index (χ0v) is 13.4. The van der Waals surface area contributed by atoms with E-state index in [9.17, 15) is 19.2 Å². The summed E-state index contributed by atoms with van der Waals surface area (Å²) in [5, 5.41) is 3.89. The molecule has 10 nitrogen and oxygen atoms in total. The number of aromatic amines is 1. The van der Waals surface area contributed by atoms with Gasteiger partial charge in [-0.3, -0.25) is 25.2 Å². The Morgan fingerprint density at radius 3 is 2.62 bits per heavy atom. The zero-order chi connectivity index (χ0) is 17.9. The van der Waals surface area contributed by atoms with E-state index >= 15 is 0 Å². The van der Waals surface area contributed by atoms with Crippen molar-refractivity contribution in [2.45, 2.75) is 27.2 Å². The zero-order valence-electron chi connectivity index (χ0n) is 13.4. The summed E-state index contributed by atoms with van der Waals surface area (Å²) in [5.41, 5.74) is 5.10. The van der Waals surface area contributed by atoms with Gasteiger partial charge < -0.3 is 9.72 Å². The van der Waals surface area contributed by atoms with Crippen LogP contribution in [0.2, 0.25) is 0 Å². The summed E-state index contributed by atoms with van der Waals surface area (Å²) in [7, 11) is 0. The topological polar surface area (TPSA) is 135 Å². The molecule has 10 heteroatoms. The van der Waals surface area contributed by atoms with E-state index in [4.69, 9.17) is 0 Å². The van der Waals surface area contributed by atoms with Crippen LogP contribution in [0.5, 0.6) is 0 Å². The van der Waals surface area contributed by atoms with Crippen LogP contribution in [0.3, 0.4) is 0 Å². The Balaban J connectivity index is 2.24. The third-order valence-electron chi connectivity index (χ3n) is 3.33. The number of ether oxygens (including phenoxy) is 1. The van der Waals surface area contributed by atoms with Gasteiger partial charge in [0.15, 0.2) is 0 Å². The fraction of sp³-hybridized carbons (Fsp3) is 0.357. The molecular formula is C14H17N5O5. The Hall–Kier alpha value is -3.17. The third kappa shape index (κ3) is 3.12. The Bertz CT molecular complexity index is 866. The van der Waals surface area contributed by atoms with E-state index < -0.39 is 17.8 Å². The number of H-pyrrole nitrogens is 1. The number of aromatic nitrogens is 3. The lowest BCUT2D eigenvalue weighted by atomic mass is 10.2. The Kier molecular flexibility index (Phi) is 4.97. The van der Waals surface area contributed by atoms with Gasteiger partial charge in [-0.15, -0.1) is 0 Å². The molecule has 2 amide bonds. The summed E-state index contributed by atoms with van der Waals surface area (Å²) >= 11 is 0. The Labute approximate surface area is 136 Å². The molecule has 2 rings (SSSR count). The predicted octanol–water partition coefficient (Wildman–Crippen LogP) is -0.782. The minimum Gasteiger partial charge on any atom is -0.459 e. The van der Waals surface area contributed by atoms with E-state index in [1.54, 1.807) is 13.8 Å². The second-order valence-corrected chi connectivity index (χ2v) is 4.83. The number of esters is 1. The Morgan fingerprint density at radius 1 is 1.29 bits per heavy atom. The van der Waals surface area contributed by atoms with Crippen LogP contribution in [0.1, 0.15) is 35.5 Å². The van der Waals surface area contributed by atoms with Crippen LogP contribution in [-0.4, -0.2) is 39.0 Å². The molecule has 24 heavy (non-hydrogen) atoms. The van der Waals surface area contributed by atoms with Crippen molar-refractivity contribution in [2.24, 2.45) is 0 Å². The van der Waals surface area contributed by atoms with Gasteiger partial charge in [-0.1, -0.05) is 6.92 Å². The second kappa shape index (κ2) is 6.94. The van der Waals surface area contributed by atoms with E-state index in [0.29, 0.717) is 17.7 Å². The van der Waals surface area contributed by atoms with E-state index in [-0.39, 0.29) is 23.4 Å². The number of amides is 2. The highest BCUT2D eigenvalue weighted by molar-refractivity contribution is 6.32. The molecule has 0 unspecified atom stereocenters. The van der Waals surface area contributed by atoms with Crippen molar-refractivity contribution in [3.63, 3.8) is 0 Å². The number of nitrogens with zero attached hydrogens (tertiary/aromatic N) is 2. The van der Waals surface area contributed by atoms with Crippen molar-refractivity contribution in [3.8, 4) is 0 Å². The number of nitrogens with one attached hydrogen (secondary N) is 3. The van der Waals surface area contributed by atoms with Crippen molar-refractivity contribution < 1.29 is 19.1 Å². The van der Waals surface area contributed by atoms with Gasteiger partial charge in [0.25, 0.3) is 11.5 Å². The highest BCUT2D eigenvalue weighted by Gasteiger charge is 2.20. The highest BCUT2D eigenvalue weighted by Crippen LogP contribution is 2.09. The minimum absolute atomic E-state index is 0.0362. The molecule has 2 aromatic rings. The molecule has 0 spiro atoms. The fourth-order valence-electron chi connectivity index (χ4n) is 2.18. The van der Waals surface area contributed by atoms with Crippen LogP contribution in [0.15, 0.2) is 11.0 Å². The van der Waals surface area contributed by atoms with Crippen LogP contribution in [-0.2, 0) is 20.7 Å². The predicted molar refractivity (Wildman–Crippen MR) is 82.2 cm³/mol. The maximum absolute atomic E-state index is 12.3. The average molecular weight is 335 g/mol. The summed E-state index contributed by atoms with van der Waals surface area (Å²) in [6.07, 6.45) is 1.71. The van der Waals surface area contributed by atoms with Crippen molar-refractivity contribution in [1.29, 1.82) is 0 Å². The van der Waals surface area contributed by atoms with Crippen molar-refractivity contribution in [1.82, 2.24) is 25.4 Å². The molecule has 0 fully saturated rings. The molecule has 0 aliphatic rings. The number of rotatable bonds is 3. The fourth-order valence-corrected chi connectivity index (χ4v) is 2.18. The van der Waals surface area contributed by atoms with E-state index in [0.717, 1.165) is 4.52 Å². The molecule has 0 atom stereocenters. The summed E-state index contributed by atoms with van der Waals surface area (Å²) in [6, 6.07) is 0. The summed E-state index contributed by atoms with van der Waals surface area (Å²) in [6.45, 7) is 5.14. The maximum atomic E-state index is 12.3. The molecule has 0 saturated carbocycles. The van der Waals surface area contributed by atoms with Gasteiger partial charge in [0, 0.05) is 11.3 Å². The second-order valence-electron chi connectivity index (χ2n) is 4.83. The molecule has 0 radical (unpaired) electrons. The lowest BCUT2D eigenvalue weighted by Gasteiger charge is -2.07. The number of aryl methyl sites for hydroxylation is 1. The minimum atomic E-state index is -1.12. The monoisotopic (exact) mass is 335 g/mol. The SMILES string of the molecule is CCOC(=O)C(=O)NNC(=O)c1cnn2c(=O)c(CC)c(C)[nH]c12. The molecule has 2 heterocycles. The molecular weight excluding hydrogens is 318 g/mol. The maximum Gasteiger partial charge on any atom is 0.398 e. The molecule has 0 aromatic carbocycles. The molecule has 2 aromatic heterocycles. The van der Waals surface area contributed by atoms with Crippen molar-refractivity contribution in [2.75, 3.05) is 6.61 Å². The van der Waals surface area contributed by atoms with Crippen LogP contribution in [0.4, 0.5) is 0 Å². The molecule has 0 saturated heterocycles. The lowest BCUT2D eigenvalue weighted by molar-refractivity contribution is -0.154. The van der Waals surface area contributed by atoms with Gasteiger partial charge in [0.05, 0.1) is 12.8 Å². The Morgan fingerprint density at radius 2 is 2.00 bits per heavy atom. The van der Waals surface area contributed by atoms with Crippen LogP contribution in [0, 0.1) is 6.92 Å². The quantitative estimate of drug-likeness (QED) is 0.382. The van der Waals surface area contributed by atoms with E-state index in [2.05, 4.69) is 20.2 Å². The normalized spacial score (nSPS) is 10.5. The number of hydrogen-bond donors (Lipinski definition) is 3. The van der Waals surface area contributed by atoms with E-state index in [1.165, 1.54) is 6.20 Å². The molecule has 0 aliphatic heterocycles. The summed E-state index contributed by atoms with van der Waals surface area (Å²) in [4.78, 5) is 49.9. The lowest BCUT2D eigenvalue weighted by Crippen LogP contribution is -2.45. The average Bonchev–Trinajstić information content (AvgIpc) is 2.96. The van der Waals surface area contributed by atoms with Crippen LogP contribution in [0.25, 0.3) is 5.65 Å². The first-order chi connectivity index (χ1) is 11.4. The molecule has 128 valence electrons. The van der Waals surface area contributed by atoms with Crippen molar-refractivity contribution >= 4 is 23.4 Å². The summed E-state index contributed by atoms with van der Waals surface area (Å²) < 4.78 is 5.56. The number of carbonyl (C=O) groups excluding carboxylic acids is 3. The van der Waals surface area contributed by atoms with Gasteiger partial charge >= 0.3 is 11.9 Å². The summed E-state index contributed by atoms with van der Waals surface area (Å²) in [5.74, 6) is -2.96. The van der Waals surface area contributed by atoms with Crippen LogP contribution < -0.4 is 16.4 Å². The van der Waals surface area contributed by atoms with Gasteiger partial charge in [-0.05, 0) is 20.3 Å². The first-order valence-electron chi connectivity index (χ1n) is 7.27. The molecule has 3 N–H and O–H groups in total. The van der Waals surface area contributed by atoms with E-state index in [1.807, 2.05) is 12.3 Å². The van der Waals surface area contributed by atoms with Gasteiger partial charge in [0.1, 0.15) is 11.2 Å². The standard InChI is InChI=1S/C14H17N5O5/c1-4-8-7(3)16-10-9(6-15-19(10)13(8)22)11(20)17-18-12(21)14(23)24-5-2/h6,16H,4-5H2,1-3H3,(H,17,20)(H,18,21). The number of carbonyl (C=O) groups is 3. The smallest absolute Gasteiger partial charge is 0.398 e. The molecule has 0 bridgehead atoms. The first-order valence-corrected chi connectivity index (χ1v) is 7.27. The number of hydrogen-bond acceptors (Lipinski definition) is 6. The largest absolute Gasteiger partial charge is 0.459 e. The van der Waals surface area contributed by atoms with Crippen LogP contribution >= 0.6 is 0 Å². The van der Waals surface area contributed by atoms with Crippen molar-refractivity contribution in [3.05, 3.63) is 33.4 Å². The van der Waals surface area contributed by atoms with Gasteiger partial charge in [0.2, 0.25) is 0 Å². The van der Waals surface area contributed by atoms with Gasteiger partial charge in [-0.2, -0.15) is 9.61 Å². The first kappa shape index (κ1) is 17.2. The number of hydrazine groups is 1. The number of fused-ring (bicyclic) bond motifs is 1.